The molecule has 0 aliphatic rings. The van der Waals surface area contributed by atoms with Crippen molar-refractivity contribution in [2.45, 2.75) is 26.7 Å². The van der Waals surface area contributed by atoms with Gasteiger partial charge in [0.15, 0.2) is 0 Å². The number of esters is 1. The summed E-state index contributed by atoms with van der Waals surface area (Å²) in [4.78, 5) is 22.0. The summed E-state index contributed by atoms with van der Waals surface area (Å²) in [6.45, 7) is 3.22. The molecule has 0 radical (unpaired) electrons. The molecule has 1 rings (SSSR count). The summed E-state index contributed by atoms with van der Waals surface area (Å²) in [5, 5.41) is 4.40. The van der Waals surface area contributed by atoms with Crippen molar-refractivity contribution in [3.8, 4) is 5.88 Å². The van der Waals surface area contributed by atoms with Crippen LogP contribution in [0.1, 0.15) is 26.0 Å². The quantitative estimate of drug-likeness (QED) is 0.595. The van der Waals surface area contributed by atoms with Crippen LogP contribution >= 0.6 is 11.6 Å². The lowest BCUT2D eigenvalue weighted by Gasteiger charge is -2.02. The normalized spacial score (nSPS) is 10.2. The fourth-order valence-electron chi connectivity index (χ4n) is 1.22. The van der Waals surface area contributed by atoms with Crippen molar-refractivity contribution in [2.24, 2.45) is 7.05 Å². The summed E-state index contributed by atoms with van der Waals surface area (Å²) in [5.41, 5.74) is 0.662. The van der Waals surface area contributed by atoms with Crippen LogP contribution in [0.15, 0.2) is 0 Å². The third kappa shape index (κ3) is 2.82. The molecule has 0 aromatic carbocycles. The van der Waals surface area contributed by atoms with Crippen LogP contribution in [0.5, 0.6) is 5.88 Å². The van der Waals surface area contributed by atoms with E-state index >= 15 is 0 Å². The van der Waals surface area contributed by atoms with Crippen molar-refractivity contribution >= 4 is 23.4 Å². The zero-order chi connectivity index (χ0) is 12.3. The average molecular weight is 245 g/mol. The van der Waals surface area contributed by atoms with Crippen LogP contribution in [0.2, 0.25) is 5.02 Å². The van der Waals surface area contributed by atoms with E-state index in [4.69, 9.17) is 16.3 Å². The van der Waals surface area contributed by atoms with Gasteiger partial charge in [0.05, 0.1) is 5.69 Å². The molecule has 0 amide bonds. The smallest absolute Gasteiger partial charge is 0.320 e. The van der Waals surface area contributed by atoms with Gasteiger partial charge in [-0.2, -0.15) is 5.10 Å². The van der Waals surface area contributed by atoms with E-state index < -0.39 is 5.97 Å². The SMILES string of the molecule is CCc1nn(C)c(OC(=O)CC(C)=O)c1Cl. The lowest BCUT2D eigenvalue weighted by Crippen LogP contribution is -2.13. The van der Waals surface area contributed by atoms with E-state index in [1.165, 1.54) is 11.6 Å². The highest BCUT2D eigenvalue weighted by molar-refractivity contribution is 6.32. The highest BCUT2D eigenvalue weighted by Gasteiger charge is 2.18. The third-order valence-corrected chi connectivity index (χ3v) is 2.32. The van der Waals surface area contributed by atoms with Gasteiger partial charge in [0, 0.05) is 7.05 Å². The topological polar surface area (TPSA) is 61.2 Å². The van der Waals surface area contributed by atoms with Gasteiger partial charge in [0.1, 0.15) is 17.2 Å². The first kappa shape index (κ1) is 12.7. The number of hydrogen-bond donors (Lipinski definition) is 0. The van der Waals surface area contributed by atoms with Gasteiger partial charge in [-0.05, 0) is 13.3 Å². The van der Waals surface area contributed by atoms with E-state index in [2.05, 4.69) is 5.10 Å². The van der Waals surface area contributed by atoms with E-state index in [1.54, 1.807) is 7.05 Å². The molecule has 1 heterocycles. The van der Waals surface area contributed by atoms with E-state index in [0.717, 1.165) is 0 Å². The minimum atomic E-state index is -0.625. The number of hydrogen-bond acceptors (Lipinski definition) is 4. The molecule has 16 heavy (non-hydrogen) atoms. The number of Topliss-reactive ketones (excluding diaryl/α,β-unsaturated/α-hetero) is 1. The van der Waals surface area contributed by atoms with E-state index in [9.17, 15) is 9.59 Å². The Morgan fingerprint density at radius 2 is 2.12 bits per heavy atom. The minimum Gasteiger partial charge on any atom is -0.406 e. The molecule has 0 bridgehead atoms. The van der Waals surface area contributed by atoms with Gasteiger partial charge in [-0.25, -0.2) is 4.68 Å². The second-order valence-electron chi connectivity index (χ2n) is 3.40. The number of aryl methyl sites for hydroxylation is 2. The Morgan fingerprint density at radius 1 is 1.50 bits per heavy atom. The van der Waals surface area contributed by atoms with Crippen molar-refractivity contribution in [3.63, 3.8) is 0 Å². The molecule has 0 saturated carbocycles. The summed E-state index contributed by atoms with van der Waals surface area (Å²) < 4.78 is 6.37. The van der Waals surface area contributed by atoms with Crippen LogP contribution in [0.4, 0.5) is 0 Å². The minimum absolute atomic E-state index is 0.185. The molecule has 6 heteroatoms. The number of rotatable bonds is 4. The predicted octanol–water partition coefficient (Wildman–Crippen LogP) is 1.52. The Morgan fingerprint density at radius 3 is 2.56 bits per heavy atom. The number of ketones is 1. The van der Waals surface area contributed by atoms with Crippen LogP contribution in [-0.4, -0.2) is 21.5 Å². The van der Waals surface area contributed by atoms with Crippen molar-refractivity contribution in [2.75, 3.05) is 0 Å². The summed E-state index contributed by atoms with van der Waals surface area (Å²) >= 11 is 5.96. The number of aromatic nitrogens is 2. The summed E-state index contributed by atoms with van der Waals surface area (Å²) in [7, 11) is 1.63. The van der Waals surface area contributed by atoms with E-state index in [-0.39, 0.29) is 18.1 Å². The molecule has 1 aromatic rings. The first-order valence-corrected chi connectivity index (χ1v) is 5.25. The zero-order valence-electron chi connectivity index (χ0n) is 9.41. The Bertz CT molecular complexity index is 426. The maximum Gasteiger partial charge on any atom is 0.320 e. The monoisotopic (exact) mass is 244 g/mol. The number of carbonyl (C=O) groups is 2. The average Bonchev–Trinajstić information content (AvgIpc) is 2.44. The van der Waals surface area contributed by atoms with Gasteiger partial charge in [0.25, 0.3) is 0 Å². The Labute approximate surface area is 98.3 Å². The third-order valence-electron chi connectivity index (χ3n) is 1.94. The molecule has 1 aromatic heterocycles. The zero-order valence-corrected chi connectivity index (χ0v) is 10.2. The summed E-state index contributed by atoms with van der Waals surface area (Å²) in [5.74, 6) is -0.691. The number of halogens is 1. The molecule has 0 fully saturated rings. The molecule has 0 saturated heterocycles. The maximum atomic E-state index is 11.3. The van der Waals surface area contributed by atoms with Crippen LogP contribution in [-0.2, 0) is 23.1 Å². The molecule has 0 N–H and O–H groups in total. The van der Waals surface area contributed by atoms with E-state index in [1.807, 2.05) is 6.92 Å². The van der Waals surface area contributed by atoms with Crippen LogP contribution < -0.4 is 4.74 Å². The second kappa shape index (κ2) is 5.12. The molecular weight excluding hydrogens is 232 g/mol. The lowest BCUT2D eigenvalue weighted by molar-refractivity contribution is -0.137. The number of nitrogens with zero attached hydrogens (tertiary/aromatic N) is 2. The molecule has 0 unspecified atom stereocenters. The highest BCUT2D eigenvalue weighted by Crippen LogP contribution is 2.28. The highest BCUT2D eigenvalue weighted by atomic mass is 35.5. The second-order valence-corrected chi connectivity index (χ2v) is 3.77. The summed E-state index contributed by atoms with van der Waals surface area (Å²) in [6, 6.07) is 0. The fraction of sp³-hybridized carbons (Fsp3) is 0.500. The Balaban J connectivity index is 2.85. The predicted molar refractivity (Wildman–Crippen MR) is 58.5 cm³/mol. The van der Waals surface area contributed by atoms with Crippen molar-refractivity contribution in [3.05, 3.63) is 10.7 Å². The molecule has 0 aliphatic heterocycles. The van der Waals surface area contributed by atoms with Crippen LogP contribution in [0, 0.1) is 0 Å². The van der Waals surface area contributed by atoms with Gasteiger partial charge in [-0.3, -0.25) is 9.59 Å². The molecule has 5 nitrogen and oxygen atoms in total. The molecule has 0 spiro atoms. The largest absolute Gasteiger partial charge is 0.406 e. The fourth-order valence-corrected chi connectivity index (χ4v) is 1.55. The summed E-state index contributed by atoms with van der Waals surface area (Å²) in [6.07, 6.45) is 0.389. The van der Waals surface area contributed by atoms with Crippen molar-refractivity contribution < 1.29 is 14.3 Å². The Kier molecular flexibility index (Phi) is 4.06. The number of carbonyl (C=O) groups excluding carboxylic acids is 2. The first-order chi connectivity index (χ1) is 7.45. The van der Waals surface area contributed by atoms with Gasteiger partial charge in [0.2, 0.25) is 5.88 Å². The van der Waals surface area contributed by atoms with Crippen LogP contribution in [0.3, 0.4) is 0 Å². The van der Waals surface area contributed by atoms with Crippen molar-refractivity contribution in [1.82, 2.24) is 9.78 Å². The molecular formula is C10H13ClN2O3. The molecule has 88 valence electrons. The molecule has 0 atom stereocenters. The standard InChI is InChI=1S/C10H13ClN2O3/c1-4-7-9(11)10(13(3)12-7)16-8(15)5-6(2)14/h4-5H2,1-3H3. The number of ether oxygens (including phenoxy) is 1. The first-order valence-electron chi connectivity index (χ1n) is 4.87. The lowest BCUT2D eigenvalue weighted by atomic mass is 10.3. The van der Waals surface area contributed by atoms with Gasteiger partial charge < -0.3 is 4.74 Å². The maximum absolute atomic E-state index is 11.3. The van der Waals surface area contributed by atoms with Crippen LogP contribution in [0.25, 0.3) is 0 Å². The van der Waals surface area contributed by atoms with Gasteiger partial charge in [-0.1, -0.05) is 18.5 Å². The Hall–Kier alpha value is -1.36. The molecule has 0 aliphatic carbocycles. The van der Waals surface area contributed by atoms with Gasteiger partial charge in [-0.15, -0.1) is 0 Å². The van der Waals surface area contributed by atoms with E-state index in [0.29, 0.717) is 17.1 Å². The van der Waals surface area contributed by atoms with Gasteiger partial charge >= 0.3 is 5.97 Å². The van der Waals surface area contributed by atoms with Crippen molar-refractivity contribution in [1.29, 1.82) is 0 Å².